The number of rotatable bonds is 7. The Morgan fingerprint density at radius 3 is 2.65 bits per heavy atom. The van der Waals surface area contributed by atoms with Crippen molar-refractivity contribution in [2.75, 3.05) is 13.1 Å². The highest BCUT2D eigenvalue weighted by Crippen LogP contribution is 2.39. The van der Waals surface area contributed by atoms with Crippen molar-refractivity contribution < 1.29 is 0 Å². The van der Waals surface area contributed by atoms with Crippen molar-refractivity contribution in [3.05, 3.63) is 18.2 Å². The van der Waals surface area contributed by atoms with Crippen molar-refractivity contribution in [1.29, 1.82) is 0 Å². The van der Waals surface area contributed by atoms with Crippen LogP contribution in [0.15, 0.2) is 12.4 Å². The molecule has 0 saturated heterocycles. The number of nitrogens with zero attached hydrogens (tertiary/aromatic N) is 2. The molecule has 0 atom stereocenters. The van der Waals surface area contributed by atoms with Crippen LogP contribution in [0.5, 0.6) is 0 Å². The molecule has 1 aromatic heterocycles. The summed E-state index contributed by atoms with van der Waals surface area (Å²) >= 11 is 0. The van der Waals surface area contributed by atoms with E-state index in [0.717, 1.165) is 18.9 Å². The summed E-state index contributed by atoms with van der Waals surface area (Å²) in [5, 5.41) is 3.71. The van der Waals surface area contributed by atoms with E-state index in [0.29, 0.717) is 5.41 Å². The molecule has 0 aromatic carbocycles. The molecule has 0 amide bonds. The van der Waals surface area contributed by atoms with Gasteiger partial charge in [-0.25, -0.2) is 4.98 Å². The minimum atomic E-state index is 0.513. The third-order valence-electron chi connectivity index (χ3n) is 4.77. The first-order valence-electron chi connectivity index (χ1n) is 8.28. The molecule has 1 aromatic rings. The molecule has 0 unspecified atom stereocenters. The summed E-state index contributed by atoms with van der Waals surface area (Å²) in [5.74, 6) is 1.98. The molecular weight excluding hydrogens is 246 g/mol. The van der Waals surface area contributed by atoms with Gasteiger partial charge in [-0.05, 0) is 37.1 Å². The Morgan fingerprint density at radius 1 is 1.30 bits per heavy atom. The SMILES string of the molecule is CC(C)CNCC1(CCc2nccn2C)CCCCC1. The highest BCUT2D eigenvalue weighted by Gasteiger charge is 2.31. The van der Waals surface area contributed by atoms with Crippen molar-refractivity contribution in [1.82, 2.24) is 14.9 Å². The molecule has 20 heavy (non-hydrogen) atoms. The van der Waals surface area contributed by atoms with Crippen LogP contribution in [-0.2, 0) is 13.5 Å². The maximum absolute atomic E-state index is 4.48. The van der Waals surface area contributed by atoms with Gasteiger partial charge in [0.25, 0.3) is 0 Å². The number of hydrogen-bond donors (Lipinski definition) is 1. The van der Waals surface area contributed by atoms with Crippen molar-refractivity contribution in [2.45, 2.75) is 58.8 Å². The summed E-state index contributed by atoms with van der Waals surface area (Å²) in [4.78, 5) is 4.48. The quantitative estimate of drug-likeness (QED) is 0.826. The molecule has 1 fully saturated rings. The van der Waals surface area contributed by atoms with Crippen LogP contribution in [-0.4, -0.2) is 22.6 Å². The van der Waals surface area contributed by atoms with E-state index in [4.69, 9.17) is 0 Å². The summed E-state index contributed by atoms with van der Waals surface area (Å²) in [6, 6.07) is 0. The molecule has 0 bridgehead atoms. The lowest BCUT2D eigenvalue weighted by atomic mass is 9.71. The molecule has 1 N–H and O–H groups in total. The molecule has 3 heteroatoms. The van der Waals surface area contributed by atoms with E-state index in [2.05, 4.69) is 42.0 Å². The minimum Gasteiger partial charge on any atom is -0.338 e. The maximum atomic E-state index is 4.48. The lowest BCUT2D eigenvalue weighted by Gasteiger charge is -2.38. The summed E-state index contributed by atoms with van der Waals surface area (Å²) < 4.78 is 2.16. The smallest absolute Gasteiger partial charge is 0.108 e. The fraction of sp³-hybridized carbons (Fsp3) is 0.824. The molecule has 1 aliphatic rings. The third-order valence-corrected chi connectivity index (χ3v) is 4.77. The van der Waals surface area contributed by atoms with Gasteiger partial charge in [-0.15, -0.1) is 0 Å². The van der Waals surface area contributed by atoms with E-state index in [1.807, 2.05) is 6.20 Å². The van der Waals surface area contributed by atoms with Crippen LogP contribution in [0.1, 0.15) is 58.2 Å². The molecule has 114 valence electrons. The van der Waals surface area contributed by atoms with Crippen LogP contribution in [0.25, 0.3) is 0 Å². The van der Waals surface area contributed by atoms with Crippen LogP contribution < -0.4 is 5.32 Å². The number of imidazole rings is 1. The van der Waals surface area contributed by atoms with Gasteiger partial charge in [-0.1, -0.05) is 33.1 Å². The lowest BCUT2D eigenvalue weighted by molar-refractivity contribution is 0.164. The van der Waals surface area contributed by atoms with Gasteiger partial charge in [0.1, 0.15) is 5.82 Å². The van der Waals surface area contributed by atoms with Crippen LogP contribution >= 0.6 is 0 Å². The van der Waals surface area contributed by atoms with Gasteiger partial charge in [-0.3, -0.25) is 0 Å². The van der Waals surface area contributed by atoms with Crippen LogP contribution in [0.2, 0.25) is 0 Å². The first-order valence-corrected chi connectivity index (χ1v) is 8.28. The average Bonchev–Trinajstić information content (AvgIpc) is 2.83. The Labute approximate surface area is 124 Å². The predicted molar refractivity (Wildman–Crippen MR) is 84.8 cm³/mol. The lowest BCUT2D eigenvalue weighted by Crippen LogP contribution is -2.38. The maximum Gasteiger partial charge on any atom is 0.108 e. The van der Waals surface area contributed by atoms with Crippen LogP contribution in [0, 0.1) is 11.3 Å². The number of hydrogen-bond acceptors (Lipinski definition) is 2. The average molecular weight is 277 g/mol. The summed E-state index contributed by atoms with van der Waals surface area (Å²) in [6.07, 6.45) is 13.4. The molecule has 1 saturated carbocycles. The molecule has 0 radical (unpaired) electrons. The van der Waals surface area contributed by atoms with Crippen molar-refractivity contribution >= 4 is 0 Å². The Morgan fingerprint density at radius 2 is 2.05 bits per heavy atom. The van der Waals surface area contributed by atoms with Crippen molar-refractivity contribution in [3.63, 3.8) is 0 Å². The monoisotopic (exact) mass is 277 g/mol. The Bertz CT molecular complexity index is 389. The van der Waals surface area contributed by atoms with Crippen molar-refractivity contribution in [2.24, 2.45) is 18.4 Å². The predicted octanol–water partition coefficient (Wildman–Crippen LogP) is 3.55. The molecule has 2 rings (SSSR count). The molecule has 0 aliphatic heterocycles. The third kappa shape index (κ3) is 4.34. The Balaban J connectivity index is 1.90. The molecule has 3 nitrogen and oxygen atoms in total. The molecule has 0 spiro atoms. The molecular formula is C17H31N3. The fourth-order valence-electron chi connectivity index (χ4n) is 3.46. The number of aryl methyl sites for hydroxylation is 2. The minimum absolute atomic E-state index is 0.513. The summed E-state index contributed by atoms with van der Waals surface area (Å²) in [5.41, 5.74) is 0.513. The standard InChI is InChI=1S/C17H31N3/c1-15(2)13-18-14-17(8-5-4-6-9-17)10-7-16-19-11-12-20(16)3/h11-12,15,18H,4-10,13-14H2,1-3H3. The zero-order chi connectivity index (χ0) is 14.4. The van der Waals surface area contributed by atoms with Gasteiger partial charge in [-0.2, -0.15) is 0 Å². The largest absolute Gasteiger partial charge is 0.338 e. The van der Waals surface area contributed by atoms with E-state index >= 15 is 0 Å². The van der Waals surface area contributed by atoms with Crippen LogP contribution in [0.3, 0.4) is 0 Å². The second kappa shape index (κ2) is 7.26. The van der Waals surface area contributed by atoms with Crippen LogP contribution in [0.4, 0.5) is 0 Å². The highest BCUT2D eigenvalue weighted by molar-refractivity contribution is 4.95. The van der Waals surface area contributed by atoms with E-state index in [1.165, 1.54) is 50.9 Å². The fourth-order valence-corrected chi connectivity index (χ4v) is 3.46. The first-order chi connectivity index (χ1) is 9.61. The van der Waals surface area contributed by atoms with Gasteiger partial charge < -0.3 is 9.88 Å². The second-order valence-electron chi connectivity index (χ2n) is 7.04. The van der Waals surface area contributed by atoms with E-state index < -0.39 is 0 Å². The van der Waals surface area contributed by atoms with Gasteiger partial charge in [0.15, 0.2) is 0 Å². The molecule has 1 aliphatic carbocycles. The van der Waals surface area contributed by atoms with Gasteiger partial charge >= 0.3 is 0 Å². The van der Waals surface area contributed by atoms with Crippen molar-refractivity contribution in [3.8, 4) is 0 Å². The van der Waals surface area contributed by atoms with Gasteiger partial charge in [0, 0.05) is 32.4 Å². The highest BCUT2D eigenvalue weighted by atomic mass is 15.0. The Kier molecular flexibility index (Phi) is 5.64. The Hall–Kier alpha value is -0.830. The number of aromatic nitrogens is 2. The zero-order valence-corrected chi connectivity index (χ0v) is 13.5. The second-order valence-corrected chi connectivity index (χ2v) is 7.04. The topological polar surface area (TPSA) is 29.9 Å². The molecule has 1 heterocycles. The van der Waals surface area contributed by atoms with E-state index in [-0.39, 0.29) is 0 Å². The van der Waals surface area contributed by atoms with Gasteiger partial charge in [0.2, 0.25) is 0 Å². The van der Waals surface area contributed by atoms with Gasteiger partial charge in [0.05, 0.1) is 0 Å². The first kappa shape index (κ1) is 15.6. The van der Waals surface area contributed by atoms with E-state index in [1.54, 1.807) is 0 Å². The number of nitrogens with one attached hydrogen (secondary N) is 1. The summed E-state index contributed by atoms with van der Waals surface area (Å²) in [6.45, 7) is 6.91. The zero-order valence-electron chi connectivity index (χ0n) is 13.5. The van der Waals surface area contributed by atoms with E-state index in [9.17, 15) is 0 Å². The normalized spacial score (nSPS) is 18.6. The summed E-state index contributed by atoms with van der Waals surface area (Å²) in [7, 11) is 2.10.